The van der Waals surface area contributed by atoms with E-state index in [1.807, 2.05) is 0 Å². The molecule has 19 heavy (non-hydrogen) atoms. The van der Waals surface area contributed by atoms with Gasteiger partial charge in [0.2, 0.25) is 0 Å². The largest absolute Gasteiger partial charge is 0.246 e. The summed E-state index contributed by atoms with van der Waals surface area (Å²) in [5.74, 6) is 1.79. The Morgan fingerprint density at radius 3 is 2.16 bits per heavy atom. The second-order valence-electron chi connectivity index (χ2n) is 6.92. The fraction of sp³-hybridized carbons (Fsp3) is 0.800. The molecular formula is C15H25Cl2NS. The van der Waals surface area contributed by atoms with Gasteiger partial charge in [0, 0.05) is 34.4 Å². The average molecular weight is 322 g/mol. The molecule has 0 N–H and O–H groups in total. The van der Waals surface area contributed by atoms with Crippen LogP contribution in [-0.2, 0) is 11.8 Å². The van der Waals surface area contributed by atoms with Gasteiger partial charge >= 0.3 is 0 Å². The van der Waals surface area contributed by atoms with Gasteiger partial charge in [-0.2, -0.15) is 0 Å². The fourth-order valence-electron chi connectivity index (χ4n) is 2.23. The van der Waals surface area contributed by atoms with Crippen LogP contribution in [0.25, 0.3) is 0 Å². The summed E-state index contributed by atoms with van der Waals surface area (Å²) in [7, 11) is 0. The quantitative estimate of drug-likeness (QED) is 0.631. The third-order valence-corrected chi connectivity index (χ3v) is 5.24. The van der Waals surface area contributed by atoms with Gasteiger partial charge in [0.1, 0.15) is 0 Å². The highest BCUT2D eigenvalue weighted by Crippen LogP contribution is 2.35. The Labute approximate surface area is 131 Å². The van der Waals surface area contributed by atoms with E-state index in [1.165, 1.54) is 0 Å². The molecule has 0 saturated heterocycles. The number of nitrogens with zero attached hydrogens (tertiary/aromatic N) is 1. The standard InChI is InChI=1S/C15H25Cl2NS/c1-11(2)6-15(9-16,10-17)7-13-18-12(8-19-13)14(3,4)5/h8,11H,6-7,9-10H2,1-5H3. The van der Waals surface area contributed by atoms with Gasteiger partial charge in [-0.15, -0.1) is 34.5 Å². The molecular weight excluding hydrogens is 297 g/mol. The molecule has 0 aromatic carbocycles. The number of alkyl halides is 2. The van der Waals surface area contributed by atoms with Crippen molar-refractivity contribution in [2.24, 2.45) is 11.3 Å². The van der Waals surface area contributed by atoms with Crippen LogP contribution in [0.15, 0.2) is 5.38 Å². The first kappa shape index (κ1) is 17.3. The van der Waals surface area contributed by atoms with E-state index >= 15 is 0 Å². The molecule has 1 heterocycles. The summed E-state index contributed by atoms with van der Waals surface area (Å²) < 4.78 is 0. The van der Waals surface area contributed by atoms with Gasteiger partial charge in [-0.05, 0) is 12.3 Å². The van der Waals surface area contributed by atoms with E-state index in [0.717, 1.165) is 23.5 Å². The third kappa shape index (κ3) is 4.91. The van der Waals surface area contributed by atoms with Crippen LogP contribution in [-0.4, -0.2) is 16.7 Å². The highest BCUT2D eigenvalue weighted by molar-refractivity contribution is 7.09. The van der Waals surface area contributed by atoms with Crippen LogP contribution in [0.2, 0.25) is 0 Å². The van der Waals surface area contributed by atoms with Crippen molar-refractivity contribution in [3.8, 4) is 0 Å². The number of aromatic nitrogens is 1. The maximum Gasteiger partial charge on any atom is 0.0934 e. The lowest BCUT2D eigenvalue weighted by molar-refractivity contribution is 0.295. The van der Waals surface area contributed by atoms with Crippen LogP contribution in [0, 0.1) is 11.3 Å². The molecule has 0 fully saturated rings. The molecule has 1 nitrogen and oxygen atoms in total. The summed E-state index contributed by atoms with van der Waals surface area (Å²) in [6, 6.07) is 0. The molecule has 0 aliphatic carbocycles. The van der Waals surface area contributed by atoms with Crippen molar-refractivity contribution in [2.75, 3.05) is 11.8 Å². The first-order chi connectivity index (χ1) is 8.72. The summed E-state index contributed by atoms with van der Waals surface area (Å²) in [6.45, 7) is 11.0. The number of halogens is 2. The first-order valence-corrected chi connectivity index (χ1v) is 8.74. The molecule has 110 valence electrons. The summed E-state index contributed by atoms with van der Waals surface area (Å²) in [6.07, 6.45) is 1.93. The van der Waals surface area contributed by atoms with Gasteiger partial charge in [-0.3, -0.25) is 0 Å². The zero-order chi connectivity index (χ0) is 14.7. The molecule has 4 heteroatoms. The molecule has 1 aromatic heterocycles. The van der Waals surface area contributed by atoms with Crippen LogP contribution < -0.4 is 0 Å². The Morgan fingerprint density at radius 2 is 1.79 bits per heavy atom. The van der Waals surface area contributed by atoms with Crippen LogP contribution in [0.1, 0.15) is 51.7 Å². The average Bonchev–Trinajstić information content (AvgIpc) is 2.75. The number of hydrogen-bond donors (Lipinski definition) is 0. The number of thiazole rings is 1. The lowest BCUT2D eigenvalue weighted by Gasteiger charge is -2.30. The van der Waals surface area contributed by atoms with Crippen LogP contribution >= 0.6 is 34.5 Å². The molecule has 0 aliphatic rings. The number of rotatable bonds is 6. The second-order valence-corrected chi connectivity index (χ2v) is 8.40. The minimum Gasteiger partial charge on any atom is -0.246 e. The van der Waals surface area contributed by atoms with Crippen molar-refractivity contribution in [1.82, 2.24) is 4.98 Å². The maximum atomic E-state index is 6.21. The lowest BCUT2D eigenvalue weighted by Crippen LogP contribution is -2.30. The molecule has 0 atom stereocenters. The topological polar surface area (TPSA) is 12.9 Å². The van der Waals surface area contributed by atoms with E-state index in [2.05, 4.69) is 40.0 Å². The SMILES string of the molecule is CC(C)CC(CCl)(CCl)Cc1nc(C(C)(C)C)cs1. The molecule has 1 aromatic rings. The maximum absolute atomic E-state index is 6.21. The summed E-state index contributed by atoms with van der Waals surface area (Å²) in [5.41, 5.74) is 1.25. The molecule has 0 radical (unpaired) electrons. The van der Waals surface area contributed by atoms with Crippen molar-refractivity contribution in [1.29, 1.82) is 0 Å². The van der Waals surface area contributed by atoms with E-state index < -0.39 is 0 Å². The first-order valence-electron chi connectivity index (χ1n) is 6.79. The Hall–Kier alpha value is 0.210. The van der Waals surface area contributed by atoms with Crippen molar-refractivity contribution in [3.05, 3.63) is 16.1 Å². The van der Waals surface area contributed by atoms with Crippen LogP contribution in [0.3, 0.4) is 0 Å². The molecule has 0 aliphatic heterocycles. The zero-order valence-corrected chi connectivity index (χ0v) is 14.9. The Morgan fingerprint density at radius 1 is 1.21 bits per heavy atom. The van der Waals surface area contributed by atoms with E-state index in [9.17, 15) is 0 Å². The molecule has 0 saturated carbocycles. The summed E-state index contributed by atoms with van der Waals surface area (Å²) >= 11 is 14.1. The second kappa shape index (κ2) is 6.78. The van der Waals surface area contributed by atoms with Gasteiger partial charge in [-0.25, -0.2) is 4.98 Å². The van der Waals surface area contributed by atoms with Crippen molar-refractivity contribution in [2.45, 2.75) is 52.9 Å². The van der Waals surface area contributed by atoms with Crippen LogP contribution in [0.5, 0.6) is 0 Å². The highest BCUT2D eigenvalue weighted by atomic mass is 35.5. The lowest BCUT2D eigenvalue weighted by atomic mass is 9.81. The van der Waals surface area contributed by atoms with E-state index in [-0.39, 0.29) is 10.8 Å². The van der Waals surface area contributed by atoms with E-state index in [1.54, 1.807) is 11.3 Å². The Bertz CT molecular complexity index is 389. The minimum atomic E-state index is -0.0235. The molecule has 0 amide bonds. The normalized spacial score (nSPS) is 13.3. The van der Waals surface area contributed by atoms with E-state index in [4.69, 9.17) is 28.2 Å². The third-order valence-electron chi connectivity index (χ3n) is 3.25. The van der Waals surface area contributed by atoms with Crippen molar-refractivity contribution < 1.29 is 0 Å². The van der Waals surface area contributed by atoms with Gasteiger partial charge in [0.25, 0.3) is 0 Å². The van der Waals surface area contributed by atoms with Gasteiger partial charge in [0.15, 0.2) is 0 Å². The van der Waals surface area contributed by atoms with Gasteiger partial charge in [-0.1, -0.05) is 34.6 Å². The smallest absolute Gasteiger partial charge is 0.0934 e. The zero-order valence-electron chi connectivity index (χ0n) is 12.6. The molecule has 0 spiro atoms. The van der Waals surface area contributed by atoms with Gasteiger partial charge < -0.3 is 0 Å². The van der Waals surface area contributed by atoms with Gasteiger partial charge in [0.05, 0.1) is 10.7 Å². The Kier molecular flexibility index (Phi) is 6.16. The van der Waals surface area contributed by atoms with Crippen molar-refractivity contribution >= 4 is 34.5 Å². The summed E-state index contributed by atoms with van der Waals surface area (Å²) in [4.78, 5) is 4.77. The van der Waals surface area contributed by atoms with Crippen LogP contribution in [0.4, 0.5) is 0 Å². The predicted molar refractivity (Wildman–Crippen MR) is 87.8 cm³/mol. The monoisotopic (exact) mass is 321 g/mol. The Balaban J connectivity index is 2.88. The fourth-order valence-corrected chi connectivity index (χ4v) is 4.12. The minimum absolute atomic E-state index is 0.0235. The van der Waals surface area contributed by atoms with E-state index in [0.29, 0.717) is 17.7 Å². The number of hydrogen-bond acceptors (Lipinski definition) is 2. The molecule has 0 unspecified atom stereocenters. The molecule has 0 bridgehead atoms. The highest BCUT2D eigenvalue weighted by Gasteiger charge is 2.31. The molecule has 1 rings (SSSR count). The van der Waals surface area contributed by atoms with Crippen molar-refractivity contribution in [3.63, 3.8) is 0 Å². The summed E-state index contributed by atoms with van der Waals surface area (Å²) in [5, 5.41) is 3.32. The predicted octanol–water partition coefficient (Wildman–Crippen LogP) is 5.49.